The van der Waals surface area contributed by atoms with Gasteiger partial charge in [-0.15, -0.1) is 0 Å². The number of fused-ring (bicyclic) bond motifs is 4. The highest BCUT2D eigenvalue weighted by atomic mass is 16.1. The van der Waals surface area contributed by atoms with E-state index in [1.807, 2.05) is 66.7 Å². The zero-order valence-electron chi connectivity index (χ0n) is 18.1. The Bertz CT molecular complexity index is 1720. The molecule has 8 heteroatoms. The van der Waals surface area contributed by atoms with E-state index >= 15 is 0 Å². The van der Waals surface area contributed by atoms with Crippen LogP contribution in [0.15, 0.2) is 95.3 Å². The standard InChI is InChI=1S/C26H19N7O/c34-26-22-23-25(31-21-9-5-4-8-20(21)30-23)33(29-16-19-10-13-27-14-11-19)24(22)28-17-32(26)15-12-18-6-2-1-3-7-18/h1-11,13-14,16-17H,12,15H2. The van der Waals surface area contributed by atoms with Gasteiger partial charge in [-0.1, -0.05) is 42.5 Å². The van der Waals surface area contributed by atoms with E-state index in [2.05, 4.69) is 15.1 Å². The number of rotatable bonds is 5. The molecule has 0 atom stereocenters. The lowest BCUT2D eigenvalue weighted by Gasteiger charge is -2.05. The van der Waals surface area contributed by atoms with Crippen molar-refractivity contribution in [2.45, 2.75) is 13.0 Å². The van der Waals surface area contributed by atoms with E-state index < -0.39 is 0 Å². The van der Waals surface area contributed by atoms with Gasteiger partial charge in [-0.3, -0.25) is 14.3 Å². The second kappa shape index (κ2) is 8.32. The first-order chi connectivity index (χ1) is 16.8. The Morgan fingerprint density at radius 3 is 2.38 bits per heavy atom. The minimum atomic E-state index is -0.159. The molecule has 4 aromatic heterocycles. The first-order valence-electron chi connectivity index (χ1n) is 10.9. The van der Waals surface area contributed by atoms with Crippen LogP contribution in [0.2, 0.25) is 0 Å². The Labute approximate surface area is 193 Å². The van der Waals surface area contributed by atoms with Gasteiger partial charge in [0.05, 0.1) is 23.6 Å². The molecule has 0 radical (unpaired) electrons. The Kier molecular flexibility index (Phi) is 4.88. The summed E-state index contributed by atoms with van der Waals surface area (Å²) in [5.74, 6) is 0. The number of hydrogen-bond acceptors (Lipinski definition) is 6. The fraction of sp³-hybridized carbons (Fsp3) is 0.0769. The van der Waals surface area contributed by atoms with Crippen molar-refractivity contribution in [3.05, 3.63) is 107 Å². The largest absolute Gasteiger partial charge is 0.298 e. The summed E-state index contributed by atoms with van der Waals surface area (Å²) in [5, 5.41) is 5.03. The number of hydrogen-bond donors (Lipinski definition) is 0. The van der Waals surface area contributed by atoms with Gasteiger partial charge < -0.3 is 0 Å². The minimum Gasteiger partial charge on any atom is -0.298 e. The van der Waals surface area contributed by atoms with Crippen molar-refractivity contribution in [1.29, 1.82) is 0 Å². The summed E-state index contributed by atoms with van der Waals surface area (Å²) in [4.78, 5) is 31.8. The molecule has 164 valence electrons. The maximum atomic E-state index is 13.6. The summed E-state index contributed by atoms with van der Waals surface area (Å²) in [5.41, 5.74) is 4.72. The molecule has 0 spiro atoms. The van der Waals surface area contributed by atoms with Crippen LogP contribution >= 0.6 is 0 Å². The van der Waals surface area contributed by atoms with Crippen molar-refractivity contribution < 1.29 is 0 Å². The number of aryl methyl sites for hydroxylation is 2. The van der Waals surface area contributed by atoms with Gasteiger partial charge in [0.1, 0.15) is 10.9 Å². The van der Waals surface area contributed by atoms with Gasteiger partial charge in [-0.25, -0.2) is 15.0 Å². The van der Waals surface area contributed by atoms with Crippen molar-refractivity contribution in [2.75, 3.05) is 0 Å². The monoisotopic (exact) mass is 445 g/mol. The normalized spacial score (nSPS) is 11.8. The second-order valence-electron chi connectivity index (χ2n) is 7.90. The third kappa shape index (κ3) is 3.51. The molecular formula is C26H19N7O. The van der Waals surface area contributed by atoms with Crippen molar-refractivity contribution in [2.24, 2.45) is 5.10 Å². The summed E-state index contributed by atoms with van der Waals surface area (Å²) in [6, 6.07) is 21.4. The molecule has 0 N–H and O–H groups in total. The fourth-order valence-electron chi connectivity index (χ4n) is 3.99. The predicted molar refractivity (Wildman–Crippen MR) is 132 cm³/mol. The number of nitrogens with zero attached hydrogens (tertiary/aromatic N) is 7. The van der Waals surface area contributed by atoms with Gasteiger partial charge in [0, 0.05) is 18.9 Å². The molecule has 0 bridgehead atoms. The first-order valence-corrected chi connectivity index (χ1v) is 10.9. The molecular weight excluding hydrogens is 426 g/mol. The number of para-hydroxylation sites is 2. The van der Waals surface area contributed by atoms with E-state index in [1.54, 1.807) is 34.2 Å². The van der Waals surface area contributed by atoms with Crippen molar-refractivity contribution in [1.82, 2.24) is 29.2 Å². The van der Waals surface area contributed by atoms with Crippen LogP contribution in [0.3, 0.4) is 0 Å². The highest BCUT2D eigenvalue weighted by Crippen LogP contribution is 2.24. The van der Waals surface area contributed by atoms with Crippen LogP contribution in [-0.2, 0) is 13.0 Å². The Morgan fingerprint density at radius 2 is 1.59 bits per heavy atom. The lowest BCUT2D eigenvalue weighted by atomic mass is 10.1. The summed E-state index contributed by atoms with van der Waals surface area (Å²) >= 11 is 0. The Morgan fingerprint density at radius 1 is 0.853 bits per heavy atom. The average Bonchev–Trinajstić information content (AvgIpc) is 3.20. The second-order valence-corrected chi connectivity index (χ2v) is 7.90. The molecule has 2 aromatic carbocycles. The lowest BCUT2D eigenvalue weighted by Crippen LogP contribution is -2.21. The molecule has 0 aliphatic heterocycles. The summed E-state index contributed by atoms with van der Waals surface area (Å²) < 4.78 is 3.22. The van der Waals surface area contributed by atoms with Crippen LogP contribution in [0.25, 0.3) is 33.2 Å². The van der Waals surface area contributed by atoms with Gasteiger partial charge in [-0.05, 0) is 41.8 Å². The predicted octanol–water partition coefficient (Wildman–Crippen LogP) is 3.81. The van der Waals surface area contributed by atoms with Gasteiger partial charge in [0.15, 0.2) is 11.3 Å². The van der Waals surface area contributed by atoms with Crippen LogP contribution in [0, 0.1) is 0 Å². The Hall–Kier alpha value is -4.72. The van der Waals surface area contributed by atoms with E-state index in [-0.39, 0.29) is 5.56 Å². The molecule has 6 aromatic rings. The van der Waals surface area contributed by atoms with Gasteiger partial charge in [0.25, 0.3) is 5.56 Å². The van der Waals surface area contributed by atoms with E-state index in [0.717, 1.165) is 23.1 Å². The first kappa shape index (κ1) is 19.9. The van der Waals surface area contributed by atoms with Gasteiger partial charge in [0.2, 0.25) is 0 Å². The van der Waals surface area contributed by atoms with Crippen LogP contribution in [0.1, 0.15) is 11.1 Å². The van der Waals surface area contributed by atoms with E-state index in [4.69, 9.17) is 9.97 Å². The zero-order valence-corrected chi connectivity index (χ0v) is 18.1. The van der Waals surface area contributed by atoms with E-state index in [1.165, 1.54) is 0 Å². The van der Waals surface area contributed by atoms with Crippen LogP contribution < -0.4 is 5.56 Å². The number of benzene rings is 2. The van der Waals surface area contributed by atoms with Crippen LogP contribution in [-0.4, -0.2) is 35.4 Å². The van der Waals surface area contributed by atoms with Crippen LogP contribution in [0.5, 0.6) is 0 Å². The molecule has 0 aliphatic carbocycles. The van der Waals surface area contributed by atoms with Crippen molar-refractivity contribution in [3.8, 4) is 0 Å². The third-order valence-corrected chi connectivity index (χ3v) is 5.72. The van der Waals surface area contributed by atoms with E-state index in [9.17, 15) is 4.79 Å². The summed E-state index contributed by atoms with van der Waals surface area (Å²) in [6.07, 6.45) is 7.39. The van der Waals surface area contributed by atoms with Crippen molar-refractivity contribution >= 4 is 39.4 Å². The zero-order chi connectivity index (χ0) is 22.9. The molecule has 8 nitrogen and oxygen atoms in total. The smallest absolute Gasteiger partial charge is 0.265 e. The molecule has 34 heavy (non-hydrogen) atoms. The summed E-state index contributed by atoms with van der Waals surface area (Å²) in [7, 11) is 0. The highest BCUT2D eigenvalue weighted by Gasteiger charge is 2.19. The molecule has 0 aliphatic rings. The Balaban J connectivity index is 1.55. The third-order valence-electron chi connectivity index (χ3n) is 5.72. The topological polar surface area (TPSA) is 90.8 Å². The van der Waals surface area contributed by atoms with E-state index in [0.29, 0.717) is 34.3 Å². The van der Waals surface area contributed by atoms with Crippen LogP contribution in [0.4, 0.5) is 0 Å². The maximum absolute atomic E-state index is 13.6. The minimum absolute atomic E-state index is 0.159. The molecule has 6 rings (SSSR count). The molecule has 0 saturated carbocycles. The van der Waals surface area contributed by atoms with Gasteiger partial charge >= 0.3 is 0 Å². The summed E-state index contributed by atoms with van der Waals surface area (Å²) in [6.45, 7) is 0.514. The number of aromatic nitrogens is 6. The number of pyridine rings is 1. The molecule has 0 saturated heterocycles. The molecule has 0 fully saturated rings. The van der Waals surface area contributed by atoms with Crippen molar-refractivity contribution in [3.63, 3.8) is 0 Å². The lowest BCUT2D eigenvalue weighted by molar-refractivity contribution is 0.661. The fourth-order valence-corrected chi connectivity index (χ4v) is 3.99. The average molecular weight is 445 g/mol. The molecule has 4 heterocycles. The SMILES string of the molecule is O=c1c2c3nc4ccccc4nc3n(N=Cc3ccncc3)c2ncn1CCc1ccccc1. The highest BCUT2D eigenvalue weighted by molar-refractivity contribution is 6.04. The van der Waals surface area contributed by atoms with Gasteiger partial charge in [-0.2, -0.15) is 9.78 Å². The maximum Gasteiger partial charge on any atom is 0.265 e. The quantitative estimate of drug-likeness (QED) is 0.376. The molecule has 0 amide bonds. The molecule has 0 unspecified atom stereocenters.